The maximum atomic E-state index is 12.8. The highest BCUT2D eigenvalue weighted by molar-refractivity contribution is 5.97. The second kappa shape index (κ2) is 4.65. The van der Waals surface area contributed by atoms with Crippen LogP contribution in [0.4, 0.5) is 4.39 Å². The molecule has 0 atom stereocenters. The molecule has 0 saturated heterocycles. The molecule has 0 unspecified atom stereocenters. The standard InChI is InChI=1S/C15H11FN2O/c16-11-7-5-10(6-8-11)14(19)9-15-17-12-3-1-2-4-13(12)18-15/h1-8H,9H2,(H,17,18). The molecule has 3 rings (SSSR count). The van der Waals surface area contributed by atoms with Crippen molar-refractivity contribution in [2.45, 2.75) is 6.42 Å². The first-order valence-corrected chi connectivity index (χ1v) is 5.95. The van der Waals surface area contributed by atoms with E-state index in [4.69, 9.17) is 0 Å². The van der Waals surface area contributed by atoms with E-state index in [0.29, 0.717) is 11.4 Å². The van der Waals surface area contributed by atoms with Crippen LogP contribution in [0.1, 0.15) is 16.2 Å². The lowest BCUT2D eigenvalue weighted by molar-refractivity contribution is 0.0991. The number of nitrogens with one attached hydrogen (secondary N) is 1. The van der Waals surface area contributed by atoms with E-state index in [-0.39, 0.29) is 18.0 Å². The minimum atomic E-state index is -0.347. The first kappa shape index (κ1) is 11.6. The summed E-state index contributed by atoms with van der Waals surface area (Å²) in [7, 11) is 0. The summed E-state index contributed by atoms with van der Waals surface area (Å²) in [5.41, 5.74) is 2.23. The van der Waals surface area contributed by atoms with E-state index in [1.54, 1.807) is 0 Å². The summed E-state index contributed by atoms with van der Waals surface area (Å²) in [5, 5.41) is 0. The number of ketones is 1. The lowest BCUT2D eigenvalue weighted by atomic mass is 10.1. The van der Waals surface area contributed by atoms with Gasteiger partial charge in [-0.2, -0.15) is 0 Å². The van der Waals surface area contributed by atoms with Crippen molar-refractivity contribution in [3.05, 3.63) is 65.7 Å². The van der Waals surface area contributed by atoms with Gasteiger partial charge in [0.25, 0.3) is 0 Å². The van der Waals surface area contributed by atoms with Crippen LogP contribution in [0.15, 0.2) is 48.5 Å². The molecule has 0 aliphatic rings. The van der Waals surface area contributed by atoms with E-state index < -0.39 is 0 Å². The molecule has 1 N–H and O–H groups in total. The highest BCUT2D eigenvalue weighted by atomic mass is 19.1. The summed E-state index contributed by atoms with van der Waals surface area (Å²) < 4.78 is 12.8. The van der Waals surface area contributed by atoms with Crippen LogP contribution in [0, 0.1) is 5.82 Å². The van der Waals surface area contributed by atoms with E-state index in [9.17, 15) is 9.18 Å². The molecule has 0 saturated carbocycles. The van der Waals surface area contributed by atoms with Crippen LogP contribution in [0.3, 0.4) is 0 Å². The van der Waals surface area contributed by atoms with Crippen molar-refractivity contribution >= 4 is 16.8 Å². The number of carbonyl (C=O) groups is 1. The number of fused-ring (bicyclic) bond motifs is 1. The van der Waals surface area contributed by atoms with Gasteiger partial charge in [-0.3, -0.25) is 4.79 Å². The van der Waals surface area contributed by atoms with E-state index >= 15 is 0 Å². The van der Waals surface area contributed by atoms with Crippen LogP contribution in [0.2, 0.25) is 0 Å². The molecule has 3 nitrogen and oxygen atoms in total. The average Bonchev–Trinajstić information content (AvgIpc) is 2.81. The van der Waals surface area contributed by atoms with Crippen LogP contribution in [0.5, 0.6) is 0 Å². The number of rotatable bonds is 3. The maximum Gasteiger partial charge on any atom is 0.170 e. The van der Waals surface area contributed by atoms with Crippen molar-refractivity contribution < 1.29 is 9.18 Å². The number of benzene rings is 2. The molecule has 1 aromatic heterocycles. The van der Waals surface area contributed by atoms with Gasteiger partial charge in [-0.25, -0.2) is 9.37 Å². The van der Waals surface area contributed by atoms with Crippen molar-refractivity contribution in [3.8, 4) is 0 Å². The van der Waals surface area contributed by atoms with Crippen molar-refractivity contribution in [1.82, 2.24) is 9.97 Å². The van der Waals surface area contributed by atoms with Crippen LogP contribution in [-0.2, 0) is 6.42 Å². The maximum absolute atomic E-state index is 12.8. The molecule has 0 radical (unpaired) electrons. The number of hydrogen-bond donors (Lipinski definition) is 1. The normalized spacial score (nSPS) is 10.8. The second-order valence-electron chi connectivity index (χ2n) is 4.31. The number of aromatic nitrogens is 2. The predicted molar refractivity (Wildman–Crippen MR) is 70.5 cm³/mol. The Morgan fingerprint density at radius 2 is 1.84 bits per heavy atom. The average molecular weight is 254 g/mol. The largest absolute Gasteiger partial charge is 0.342 e. The SMILES string of the molecule is O=C(Cc1nc2ccccc2[nH]1)c1ccc(F)cc1. The van der Waals surface area contributed by atoms with Crippen LogP contribution in [-0.4, -0.2) is 15.8 Å². The lowest BCUT2D eigenvalue weighted by Crippen LogP contribution is -2.04. The molecule has 0 aliphatic carbocycles. The van der Waals surface area contributed by atoms with Gasteiger partial charge in [-0.15, -0.1) is 0 Å². The zero-order valence-corrected chi connectivity index (χ0v) is 10.1. The third-order valence-electron chi connectivity index (χ3n) is 2.93. The van der Waals surface area contributed by atoms with Gasteiger partial charge in [0.2, 0.25) is 0 Å². The van der Waals surface area contributed by atoms with E-state index in [0.717, 1.165) is 11.0 Å². The van der Waals surface area contributed by atoms with E-state index in [1.165, 1.54) is 24.3 Å². The van der Waals surface area contributed by atoms with Gasteiger partial charge in [0, 0.05) is 5.56 Å². The monoisotopic (exact) mass is 254 g/mol. The Hall–Kier alpha value is -2.49. The summed E-state index contributed by atoms with van der Waals surface area (Å²) in [5.74, 6) is 0.190. The summed E-state index contributed by atoms with van der Waals surface area (Å²) in [6.07, 6.45) is 0.181. The molecule has 0 aliphatic heterocycles. The summed E-state index contributed by atoms with van der Waals surface area (Å²) in [6.45, 7) is 0. The molecule has 94 valence electrons. The minimum absolute atomic E-state index is 0.0842. The Morgan fingerprint density at radius 1 is 1.11 bits per heavy atom. The Labute approximate surface area is 109 Å². The van der Waals surface area contributed by atoms with Gasteiger partial charge in [-0.05, 0) is 36.4 Å². The third-order valence-corrected chi connectivity index (χ3v) is 2.93. The third kappa shape index (κ3) is 2.38. The Kier molecular flexibility index (Phi) is 2.83. The number of halogens is 1. The number of aromatic amines is 1. The minimum Gasteiger partial charge on any atom is -0.342 e. The number of Topliss-reactive ketones (excluding diaryl/α,β-unsaturated/α-hetero) is 1. The van der Waals surface area contributed by atoms with Gasteiger partial charge in [-0.1, -0.05) is 12.1 Å². The Morgan fingerprint density at radius 3 is 2.58 bits per heavy atom. The fourth-order valence-corrected chi connectivity index (χ4v) is 1.98. The molecular formula is C15H11FN2O. The first-order chi connectivity index (χ1) is 9.22. The second-order valence-corrected chi connectivity index (χ2v) is 4.31. The smallest absolute Gasteiger partial charge is 0.170 e. The van der Waals surface area contributed by atoms with Gasteiger partial charge in [0.05, 0.1) is 17.5 Å². The Bertz CT molecular complexity index is 698. The predicted octanol–water partition coefficient (Wildman–Crippen LogP) is 3.13. The van der Waals surface area contributed by atoms with Crippen molar-refractivity contribution in [2.24, 2.45) is 0 Å². The van der Waals surface area contributed by atoms with Crippen molar-refractivity contribution in [3.63, 3.8) is 0 Å². The summed E-state index contributed by atoms with van der Waals surface area (Å²) in [4.78, 5) is 19.5. The van der Waals surface area contributed by atoms with Crippen molar-refractivity contribution in [1.29, 1.82) is 0 Å². The molecule has 19 heavy (non-hydrogen) atoms. The zero-order valence-electron chi connectivity index (χ0n) is 10.1. The van der Waals surface area contributed by atoms with Crippen molar-refractivity contribution in [2.75, 3.05) is 0 Å². The molecule has 0 bridgehead atoms. The fraction of sp³-hybridized carbons (Fsp3) is 0.0667. The summed E-state index contributed by atoms with van der Waals surface area (Å²) >= 11 is 0. The van der Waals surface area contributed by atoms with Crippen LogP contribution in [0.25, 0.3) is 11.0 Å². The number of imidazole rings is 1. The first-order valence-electron chi connectivity index (χ1n) is 5.95. The van der Waals surface area contributed by atoms with E-state index in [2.05, 4.69) is 9.97 Å². The lowest BCUT2D eigenvalue weighted by Gasteiger charge is -1.98. The van der Waals surface area contributed by atoms with Gasteiger partial charge in [0.1, 0.15) is 11.6 Å². The van der Waals surface area contributed by atoms with Crippen LogP contribution >= 0.6 is 0 Å². The van der Waals surface area contributed by atoms with Gasteiger partial charge >= 0.3 is 0 Å². The summed E-state index contributed by atoms with van der Waals surface area (Å²) in [6, 6.07) is 13.1. The molecular weight excluding hydrogens is 243 g/mol. The number of H-pyrrole nitrogens is 1. The number of carbonyl (C=O) groups excluding carboxylic acids is 1. The molecule has 3 aromatic rings. The zero-order chi connectivity index (χ0) is 13.2. The number of hydrogen-bond acceptors (Lipinski definition) is 2. The molecule has 0 fully saturated rings. The van der Waals surface area contributed by atoms with E-state index in [1.807, 2.05) is 24.3 Å². The van der Waals surface area contributed by atoms with Gasteiger partial charge in [0.15, 0.2) is 5.78 Å². The topological polar surface area (TPSA) is 45.8 Å². The van der Waals surface area contributed by atoms with Gasteiger partial charge < -0.3 is 4.98 Å². The van der Waals surface area contributed by atoms with Crippen LogP contribution < -0.4 is 0 Å². The molecule has 0 amide bonds. The number of para-hydroxylation sites is 2. The molecule has 1 heterocycles. The molecule has 4 heteroatoms. The highest BCUT2D eigenvalue weighted by Gasteiger charge is 2.10. The quantitative estimate of drug-likeness (QED) is 0.730. The number of nitrogens with zero attached hydrogens (tertiary/aromatic N) is 1. The molecule has 2 aromatic carbocycles. The fourth-order valence-electron chi connectivity index (χ4n) is 1.98. The molecule has 0 spiro atoms. The Balaban J connectivity index is 1.84. The highest BCUT2D eigenvalue weighted by Crippen LogP contribution is 2.12.